The fourth-order valence-corrected chi connectivity index (χ4v) is 5.00. The second kappa shape index (κ2) is 10.9. The lowest BCUT2D eigenvalue weighted by molar-refractivity contribution is 0.627. The van der Waals surface area contributed by atoms with E-state index >= 15 is 0 Å². The van der Waals surface area contributed by atoms with Gasteiger partial charge in [-0.1, -0.05) is 73.8 Å². The summed E-state index contributed by atoms with van der Waals surface area (Å²) in [6, 6.07) is 26.8. The van der Waals surface area contributed by atoms with Crippen molar-refractivity contribution in [3.8, 4) is 22.5 Å². The van der Waals surface area contributed by atoms with E-state index in [1.54, 1.807) is 24.4 Å². The van der Waals surface area contributed by atoms with Crippen LogP contribution in [-0.4, -0.2) is 20.2 Å². The number of allylic oxidation sites excluding steroid dienone is 2. The molecule has 3 aromatic heterocycles. The molecule has 0 aliphatic rings. The van der Waals surface area contributed by atoms with Crippen LogP contribution in [0.3, 0.4) is 0 Å². The average molecular weight is 538 g/mol. The number of anilines is 1. The lowest BCUT2D eigenvalue weighted by Crippen LogP contribution is -1.98. The van der Waals surface area contributed by atoms with Crippen molar-refractivity contribution in [1.29, 1.82) is 0 Å². The molecule has 6 aromatic rings. The first-order valence-electron chi connectivity index (χ1n) is 13.2. The SMILES string of the molecule is C=C/C=C(/c1ccc(F)cc1)c1cc(-c2n[nH]c3ccc(-c4cncc(NC(=C)c5ccccc5)c4)cc23)[nH]c1C. The fraction of sp³-hybridized carbons (Fsp3) is 0.0286. The van der Waals surface area contributed by atoms with E-state index in [0.717, 1.165) is 72.8 Å². The van der Waals surface area contributed by atoms with Crippen molar-refractivity contribution >= 4 is 27.9 Å². The number of nitrogens with zero attached hydrogens (tertiary/aromatic N) is 2. The number of hydrogen-bond acceptors (Lipinski definition) is 3. The second-order valence-electron chi connectivity index (χ2n) is 9.81. The summed E-state index contributed by atoms with van der Waals surface area (Å²) >= 11 is 0. The molecule has 6 heteroatoms. The zero-order valence-corrected chi connectivity index (χ0v) is 22.6. The van der Waals surface area contributed by atoms with Gasteiger partial charge in [0.05, 0.1) is 23.1 Å². The van der Waals surface area contributed by atoms with Crippen molar-refractivity contribution in [3.63, 3.8) is 0 Å². The number of aryl methyl sites for hydroxylation is 1. The molecule has 41 heavy (non-hydrogen) atoms. The van der Waals surface area contributed by atoms with Gasteiger partial charge in [-0.25, -0.2) is 4.39 Å². The quantitative estimate of drug-likeness (QED) is 0.170. The number of fused-ring (bicyclic) bond motifs is 1. The number of pyridine rings is 1. The largest absolute Gasteiger partial charge is 0.357 e. The standard InChI is InChI=1S/C35H28FN5/c1-4-8-30(25-11-14-28(36)15-12-25)31-19-34(39-23(31)3)35-32-18-26(13-16-33(32)40-41-35)27-17-29(21-37-20-27)38-22(2)24-9-6-5-7-10-24/h4-21,38-39H,1-2H2,3H3,(H,40,41)/b30-8-. The highest BCUT2D eigenvalue weighted by Gasteiger charge is 2.17. The van der Waals surface area contributed by atoms with Gasteiger partial charge >= 0.3 is 0 Å². The Morgan fingerprint density at radius 1 is 0.902 bits per heavy atom. The van der Waals surface area contributed by atoms with Gasteiger partial charge in [0.2, 0.25) is 0 Å². The van der Waals surface area contributed by atoms with Crippen molar-refractivity contribution in [3.05, 3.63) is 151 Å². The van der Waals surface area contributed by atoms with Crippen LogP contribution in [0.15, 0.2) is 123 Å². The Morgan fingerprint density at radius 3 is 2.49 bits per heavy atom. The maximum absolute atomic E-state index is 13.6. The molecule has 0 amide bonds. The Kier molecular flexibility index (Phi) is 6.88. The van der Waals surface area contributed by atoms with E-state index in [-0.39, 0.29) is 5.82 Å². The normalized spacial score (nSPS) is 11.5. The first kappa shape index (κ1) is 25.8. The molecule has 5 nitrogen and oxygen atoms in total. The van der Waals surface area contributed by atoms with E-state index in [1.165, 1.54) is 12.1 Å². The van der Waals surface area contributed by atoms with E-state index in [9.17, 15) is 4.39 Å². The van der Waals surface area contributed by atoms with Crippen molar-refractivity contribution in [2.24, 2.45) is 0 Å². The zero-order valence-electron chi connectivity index (χ0n) is 22.6. The molecule has 0 saturated carbocycles. The second-order valence-corrected chi connectivity index (χ2v) is 9.81. The predicted octanol–water partition coefficient (Wildman–Crippen LogP) is 8.77. The number of nitrogens with one attached hydrogen (secondary N) is 3. The van der Waals surface area contributed by atoms with Gasteiger partial charge in [0.25, 0.3) is 0 Å². The van der Waals surface area contributed by atoms with Crippen LogP contribution in [-0.2, 0) is 0 Å². The van der Waals surface area contributed by atoms with E-state index in [2.05, 4.69) is 62.9 Å². The third-order valence-corrected chi connectivity index (χ3v) is 7.05. The number of rotatable bonds is 8. The van der Waals surface area contributed by atoms with Gasteiger partial charge in [-0.15, -0.1) is 0 Å². The van der Waals surface area contributed by atoms with Gasteiger partial charge in [0.15, 0.2) is 0 Å². The van der Waals surface area contributed by atoms with Crippen LogP contribution in [0.1, 0.15) is 22.4 Å². The van der Waals surface area contributed by atoms with E-state index in [0.29, 0.717) is 0 Å². The summed E-state index contributed by atoms with van der Waals surface area (Å²) < 4.78 is 13.6. The highest BCUT2D eigenvalue weighted by Crippen LogP contribution is 2.35. The zero-order chi connectivity index (χ0) is 28.3. The van der Waals surface area contributed by atoms with Gasteiger partial charge < -0.3 is 10.3 Å². The maximum Gasteiger partial charge on any atom is 0.123 e. The summed E-state index contributed by atoms with van der Waals surface area (Å²) in [4.78, 5) is 7.97. The number of aromatic nitrogens is 4. The van der Waals surface area contributed by atoms with Crippen LogP contribution >= 0.6 is 0 Å². The molecule has 0 atom stereocenters. The topological polar surface area (TPSA) is 69.4 Å². The van der Waals surface area contributed by atoms with Crippen LogP contribution in [0.5, 0.6) is 0 Å². The highest BCUT2D eigenvalue weighted by molar-refractivity contribution is 5.96. The minimum Gasteiger partial charge on any atom is -0.357 e. The molecule has 3 aromatic carbocycles. The van der Waals surface area contributed by atoms with Crippen LogP contribution in [0.2, 0.25) is 0 Å². The Bertz CT molecular complexity index is 1910. The van der Waals surface area contributed by atoms with Crippen LogP contribution in [0.4, 0.5) is 10.1 Å². The van der Waals surface area contributed by atoms with Gasteiger partial charge in [-0.2, -0.15) is 5.10 Å². The summed E-state index contributed by atoms with van der Waals surface area (Å²) in [7, 11) is 0. The monoisotopic (exact) mass is 537 g/mol. The van der Waals surface area contributed by atoms with E-state index in [4.69, 9.17) is 0 Å². The third kappa shape index (κ3) is 5.23. The van der Waals surface area contributed by atoms with E-state index < -0.39 is 0 Å². The Hall–Kier alpha value is -5.49. The molecule has 0 bridgehead atoms. The summed E-state index contributed by atoms with van der Waals surface area (Å²) in [5.74, 6) is -0.269. The number of hydrogen-bond donors (Lipinski definition) is 3. The minimum absolute atomic E-state index is 0.269. The molecule has 6 rings (SSSR count). The Morgan fingerprint density at radius 2 is 1.71 bits per heavy atom. The molecule has 0 saturated heterocycles. The molecule has 0 radical (unpaired) electrons. The molecule has 0 spiro atoms. The molecule has 0 unspecified atom stereocenters. The van der Waals surface area contributed by atoms with Crippen LogP contribution in [0.25, 0.3) is 44.7 Å². The first-order valence-corrected chi connectivity index (χ1v) is 13.2. The molecule has 3 N–H and O–H groups in total. The lowest BCUT2D eigenvalue weighted by atomic mass is 9.97. The number of H-pyrrole nitrogens is 2. The van der Waals surface area contributed by atoms with Gasteiger partial charge in [-0.3, -0.25) is 10.1 Å². The summed E-state index contributed by atoms with van der Waals surface area (Å²) in [5.41, 5.74) is 11.1. The number of halogens is 1. The number of benzene rings is 3. The van der Waals surface area contributed by atoms with Gasteiger partial charge in [0.1, 0.15) is 11.5 Å². The molecular formula is C35H28FN5. The molecule has 0 aliphatic carbocycles. The third-order valence-electron chi connectivity index (χ3n) is 7.05. The molecular weight excluding hydrogens is 509 g/mol. The molecule has 0 fully saturated rings. The van der Waals surface area contributed by atoms with Crippen LogP contribution in [0, 0.1) is 12.7 Å². The van der Waals surface area contributed by atoms with E-state index in [1.807, 2.05) is 55.6 Å². The van der Waals surface area contributed by atoms with Crippen molar-refractivity contribution in [1.82, 2.24) is 20.2 Å². The summed E-state index contributed by atoms with van der Waals surface area (Å²) in [6.45, 7) is 10.1. The lowest BCUT2D eigenvalue weighted by Gasteiger charge is -2.11. The van der Waals surface area contributed by atoms with Crippen molar-refractivity contribution < 1.29 is 4.39 Å². The fourth-order valence-electron chi connectivity index (χ4n) is 5.00. The van der Waals surface area contributed by atoms with Crippen molar-refractivity contribution in [2.75, 3.05) is 5.32 Å². The number of aromatic amines is 2. The highest BCUT2D eigenvalue weighted by atomic mass is 19.1. The average Bonchev–Trinajstić information content (AvgIpc) is 3.60. The van der Waals surface area contributed by atoms with Gasteiger partial charge in [0, 0.05) is 34.1 Å². The predicted molar refractivity (Wildman–Crippen MR) is 167 cm³/mol. The van der Waals surface area contributed by atoms with Gasteiger partial charge in [-0.05, 0) is 65.6 Å². The maximum atomic E-state index is 13.6. The Balaban J connectivity index is 1.34. The summed E-state index contributed by atoms with van der Waals surface area (Å²) in [6.07, 6.45) is 7.32. The van der Waals surface area contributed by atoms with Crippen LogP contribution < -0.4 is 5.32 Å². The minimum atomic E-state index is -0.269. The molecule has 200 valence electrons. The molecule has 0 aliphatic heterocycles. The smallest absolute Gasteiger partial charge is 0.123 e. The first-order chi connectivity index (χ1) is 20.0. The Labute approximate surface area is 237 Å². The van der Waals surface area contributed by atoms with Crippen molar-refractivity contribution in [2.45, 2.75) is 6.92 Å². The molecule has 3 heterocycles. The summed E-state index contributed by atoms with van der Waals surface area (Å²) in [5, 5.41) is 12.2.